The molecule has 3 nitrogen and oxygen atoms in total. The summed E-state index contributed by atoms with van der Waals surface area (Å²) in [7, 11) is 0. The highest BCUT2D eigenvalue weighted by Gasteiger charge is 2.03. The topological polar surface area (TPSA) is 44.1 Å². The van der Waals surface area contributed by atoms with Crippen molar-refractivity contribution in [3.63, 3.8) is 0 Å². The minimum absolute atomic E-state index is 0.200. The van der Waals surface area contributed by atoms with Crippen LogP contribution in [-0.2, 0) is 4.79 Å². The Morgan fingerprint density at radius 2 is 2.30 bits per heavy atom. The Bertz CT molecular complexity index is 137. The Labute approximate surface area is 61.2 Å². The van der Waals surface area contributed by atoms with E-state index in [4.69, 9.17) is 5.26 Å². The normalized spacial score (nSPS) is 9.00. The van der Waals surface area contributed by atoms with Crippen molar-refractivity contribution in [2.45, 2.75) is 26.3 Å². The maximum absolute atomic E-state index is 10.3. The van der Waals surface area contributed by atoms with Gasteiger partial charge in [0.25, 0.3) is 0 Å². The van der Waals surface area contributed by atoms with Gasteiger partial charge in [0, 0.05) is 12.6 Å². The highest BCUT2D eigenvalue weighted by Crippen LogP contribution is 1.94. The van der Waals surface area contributed by atoms with Crippen LogP contribution in [0.4, 0.5) is 0 Å². The molecular formula is C7H12N2O. The van der Waals surface area contributed by atoms with Crippen molar-refractivity contribution in [1.29, 1.82) is 5.26 Å². The molecule has 0 aliphatic carbocycles. The van der Waals surface area contributed by atoms with Crippen LogP contribution in [0.2, 0.25) is 0 Å². The van der Waals surface area contributed by atoms with E-state index >= 15 is 0 Å². The molecule has 0 saturated heterocycles. The molecule has 10 heavy (non-hydrogen) atoms. The molecule has 0 fully saturated rings. The fourth-order valence-corrected chi connectivity index (χ4v) is 0.612. The molecule has 3 heteroatoms. The van der Waals surface area contributed by atoms with Gasteiger partial charge in [0.15, 0.2) is 0 Å². The standard InChI is InChI=1S/C7H12N2O/c1-7(2)9(6-10)5-3-4-8/h6-7H,3,5H2,1-2H3. The Morgan fingerprint density at radius 1 is 1.70 bits per heavy atom. The van der Waals surface area contributed by atoms with Crippen molar-refractivity contribution in [1.82, 2.24) is 4.90 Å². The third-order valence-corrected chi connectivity index (χ3v) is 1.28. The minimum Gasteiger partial charge on any atom is -0.342 e. The van der Waals surface area contributed by atoms with Crippen LogP contribution in [0.3, 0.4) is 0 Å². The predicted molar refractivity (Wildman–Crippen MR) is 38.1 cm³/mol. The summed E-state index contributed by atoms with van der Waals surface area (Å²) >= 11 is 0. The predicted octanol–water partition coefficient (Wildman–Crippen LogP) is 0.767. The van der Waals surface area contributed by atoms with Crippen LogP contribution in [0.1, 0.15) is 20.3 Å². The summed E-state index contributed by atoms with van der Waals surface area (Å²) in [6.45, 7) is 4.38. The number of carbonyl (C=O) groups is 1. The number of rotatable bonds is 4. The van der Waals surface area contributed by atoms with Crippen molar-refractivity contribution in [2.24, 2.45) is 0 Å². The maximum Gasteiger partial charge on any atom is 0.209 e. The second-order valence-electron chi connectivity index (χ2n) is 2.35. The first-order valence-electron chi connectivity index (χ1n) is 3.30. The third kappa shape index (κ3) is 3.08. The van der Waals surface area contributed by atoms with Gasteiger partial charge in [-0.2, -0.15) is 5.26 Å². The van der Waals surface area contributed by atoms with Gasteiger partial charge in [-0.3, -0.25) is 4.79 Å². The third-order valence-electron chi connectivity index (χ3n) is 1.28. The number of hydrogen-bond acceptors (Lipinski definition) is 2. The zero-order valence-electron chi connectivity index (χ0n) is 6.37. The lowest BCUT2D eigenvalue weighted by atomic mass is 10.3. The first-order chi connectivity index (χ1) is 4.72. The van der Waals surface area contributed by atoms with Gasteiger partial charge < -0.3 is 4.90 Å². The molecule has 0 unspecified atom stereocenters. The molecule has 0 rings (SSSR count). The first kappa shape index (κ1) is 8.96. The molecule has 0 aromatic rings. The maximum atomic E-state index is 10.3. The number of hydrogen-bond donors (Lipinski definition) is 0. The van der Waals surface area contributed by atoms with E-state index in [1.807, 2.05) is 19.9 Å². The molecular weight excluding hydrogens is 128 g/mol. The van der Waals surface area contributed by atoms with Crippen LogP contribution in [-0.4, -0.2) is 23.9 Å². The van der Waals surface area contributed by atoms with Crippen molar-refractivity contribution >= 4 is 6.41 Å². The Morgan fingerprint density at radius 3 is 2.60 bits per heavy atom. The van der Waals surface area contributed by atoms with Crippen molar-refractivity contribution in [3.8, 4) is 6.07 Å². The second-order valence-corrected chi connectivity index (χ2v) is 2.35. The van der Waals surface area contributed by atoms with Crippen LogP contribution in [0.5, 0.6) is 0 Å². The summed E-state index contributed by atoms with van der Waals surface area (Å²) in [6.07, 6.45) is 1.19. The molecule has 0 aromatic heterocycles. The number of amides is 1. The van der Waals surface area contributed by atoms with E-state index in [1.165, 1.54) is 0 Å². The molecule has 0 bridgehead atoms. The summed E-state index contributed by atoms with van der Waals surface area (Å²) in [5.41, 5.74) is 0. The molecule has 0 aliphatic rings. The van der Waals surface area contributed by atoms with Crippen LogP contribution in [0.15, 0.2) is 0 Å². The highest BCUT2D eigenvalue weighted by molar-refractivity contribution is 5.47. The lowest BCUT2D eigenvalue weighted by molar-refractivity contribution is -0.119. The van der Waals surface area contributed by atoms with Gasteiger partial charge in [0.2, 0.25) is 6.41 Å². The quantitative estimate of drug-likeness (QED) is 0.541. The van der Waals surface area contributed by atoms with Crippen LogP contribution < -0.4 is 0 Å². The fourth-order valence-electron chi connectivity index (χ4n) is 0.612. The van der Waals surface area contributed by atoms with Gasteiger partial charge in [0.1, 0.15) is 0 Å². The monoisotopic (exact) mass is 140 g/mol. The van der Waals surface area contributed by atoms with Gasteiger partial charge in [-0.1, -0.05) is 0 Å². The molecule has 0 heterocycles. The molecule has 0 radical (unpaired) electrons. The SMILES string of the molecule is CC(C)N(C=O)CCC#N. The van der Waals surface area contributed by atoms with E-state index in [9.17, 15) is 4.79 Å². The zero-order valence-corrected chi connectivity index (χ0v) is 6.37. The first-order valence-corrected chi connectivity index (χ1v) is 3.30. The average molecular weight is 140 g/mol. The van der Waals surface area contributed by atoms with Crippen molar-refractivity contribution in [2.75, 3.05) is 6.54 Å². The molecule has 0 atom stereocenters. The number of carbonyl (C=O) groups excluding carboxylic acids is 1. The van der Waals surface area contributed by atoms with E-state index in [-0.39, 0.29) is 6.04 Å². The highest BCUT2D eigenvalue weighted by atomic mass is 16.1. The van der Waals surface area contributed by atoms with Gasteiger partial charge in [-0.15, -0.1) is 0 Å². The number of nitriles is 1. The van der Waals surface area contributed by atoms with E-state index in [0.29, 0.717) is 13.0 Å². The lowest BCUT2D eigenvalue weighted by Crippen LogP contribution is -2.29. The second kappa shape index (κ2) is 4.80. The lowest BCUT2D eigenvalue weighted by Gasteiger charge is -2.19. The van der Waals surface area contributed by atoms with E-state index in [2.05, 4.69) is 0 Å². The molecule has 0 saturated carbocycles. The molecule has 0 N–H and O–H groups in total. The average Bonchev–Trinajstić information content (AvgIpc) is 1.89. The van der Waals surface area contributed by atoms with Gasteiger partial charge in [-0.25, -0.2) is 0 Å². The van der Waals surface area contributed by atoms with Crippen molar-refractivity contribution in [3.05, 3.63) is 0 Å². The van der Waals surface area contributed by atoms with E-state index in [1.54, 1.807) is 4.90 Å². The zero-order chi connectivity index (χ0) is 7.98. The van der Waals surface area contributed by atoms with Crippen LogP contribution in [0, 0.1) is 11.3 Å². The van der Waals surface area contributed by atoms with Crippen molar-refractivity contribution < 1.29 is 4.79 Å². The summed E-state index contributed by atoms with van der Waals surface area (Å²) < 4.78 is 0. The Balaban J connectivity index is 3.63. The fraction of sp³-hybridized carbons (Fsp3) is 0.714. The van der Waals surface area contributed by atoms with Gasteiger partial charge in [0.05, 0.1) is 12.5 Å². The summed E-state index contributed by atoms with van der Waals surface area (Å²) in [6, 6.07) is 2.19. The molecule has 0 aliphatic heterocycles. The van der Waals surface area contributed by atoms with E-state index in [0.717, 1.165) is 6.41 Å². The summed E-state index contributed by atoms with van der Waals surface area (Å²) in [5.74, 6) is 0. The van der Waals surface area contributed by atoms with E-state index < -0.39 is 0 Å². The Kier molecular flexibility index (Phi) is 4.30. The summed E-state index contributed by atoms with van der Waals surface area (Å²) in [5, 5.41) is 8.20. The molecule has 56 valence electrons. The minimum atomic E-state index is 0.200. The van der Waals surface area contributed by atoms with Crippen LogP contribution in [0.25, 0.3) is 0 Å². The smallest absolute Gasteiger partial charge is 0.209 e. The molecule has 0 spiro atoms. The largest absolute Gasteiger partial charge is 0.342 e. The summed E-state index contributed by atoms with van der Waals surface area (Å²) in [4.78, 5) is 11.9. The molecule has 1 amide bonds. The Hall–Kier alpha value is -1.04. The van der Waals surface area contributed by atoms with Crippen LogP contribution >= 0.6 is 0 Å². The van der Waals surface area contributed by atoms with Gasteiger partial charge in [-0.05, 0) is 13.8 Å². The molecule has 0 aromatic carbocycles. The van der Waals surface area contributed by atoms with Gasteiger partial charge >= 0.3 is 0 Å². The number of nitrogens with zero attached hydrogens (tertiary/aromatic N) is 2.